The predicted molar refractivity (Wildman–Crippen MR) is 99.8 cm³/mol. The van der Waals surface area contributed by atoms with Gasteiger partial charge in [0, 0.05) is 12.0 Å². The molecular weight excluding hydrogens is 350 g/mol. The molecule has 0 aliphatic heterocycles. The molecule has 0 saturated carbocycles. The Morgan fingerprint density at radius 3 is 2.81 bits per heavy atom. The summed E-state index contributed by atoms with van der Waals surface area (Å²) in [5, 5.41) is 7.29. The molecule has 4 aromatic rings. The minimum atomic E-state index is -0.314. The van der Waals surface area contributed by atoms with Crippen molar-refractivity contribution in [1.29, 1.82) is 0 Å². The highest BCUT2D eigenvalue weighted by molar-refractivity contribution is 7.22. The number of nitrogens with one attached hydrogen (secondary N) is 1. The number of furan rings is 1. The third kappa shape index (κ3) is 3.13. The Morgan fingerprint density at radius 1 is 1.19 bits per heavy atom. The summed E-state index contributed by atoms with van der Waals surface area (Å²) >= 11 is 1.44. The van der Waals surface area contributed by atoms with Crippen LogP contribution in [0.2, 0.25) is 0 Å². The molecule has 0 aliphatic rings. The van der Waals surface area contributed by atoms with Crippen LogP contribution < -0.4 is 5.32 Å². The second-order valence-electron chi connectivity index (χ2n) is 6.19. The summed E-state index contributed by atoms with van der Waals surface area (Å²) in [6.07, 6.45) is 0.537. The molecule has 3 heterocycles. The van der Waals surface area contributed by atoms with Gasteiger partial charge in [-0.3, -0.25) is 10.1 Å². The standard InChI is InChI=1S/C19H17N3O3S/c1-10-4-6-15-17(8-10)26-19(20-15)21-18(23)16-7-5-13(24-16)9-14-11(2)22-25-12(14)3/h4-8H,9H2,1-3H3,(H,20,21,23). The van der Waals surface area contributed by atoms with Crippen molar-refractivity contribution < 1.29 is 13.7 Å². The van der Waals surface area contributed by atoms with E-state index in [1.165, 1.54) is 11.3 Å². The zero-order valence-electron chi connectivity index (χ0n) is 14.6. The molecule has 0 unspecified atom stereocenters. The molecule has 6 nitrogen and oxygen atoms in total. The number of hydrogen-bond acceptors (Lipinski definition) is 6. The summed E-state index contributed by atoms with van der Waals surface area (Å²) in [7, 11) is 0. The van der Waals surface area contributed by atoms with Crippen LogP contribution in [0.25, 0.3) is 10.2 Å². The van der Waals surface area contributed by atoms with Crippen LogP contribution in [0.3, 0.4) is 0 Å². The summed E-state index contributed by atoms with van der Waals surface area (Å²) in [5.74, 6) is 1.38. The van der Waals surface area contributed by atoms with Crippen LogP contribution in [0.15, 0.2) is 39.3 Å². The third-order valence-electron chi connectivity index (χ3n) is 4.18. The lowest BCUT2D eigenvalue weighted by molar-refractivity contribution is 0.0995. The molecule has 0 spiro atoms. The molecule has 0 aliphatic carbocycles. The number of carbonyl (C=O) groups excluding carboxylic acids is 1. The van der Waals surface area contributed by atoms with Crippen molar-refractivity contribution >= 4 is 32.6 Å². The maximum absolute atomic E-state index is 12.4. The number of fused-ring (bicyclic) bond motifs is 1. The zero-order chi connectivity index (χ0) is 18.3. The van der Waals surface area contributed by atoms with E-state index in [4.69, 9.17) is 8.94 Å². The maximum atomic E-state index is 12.4. The average Bonchev–Trinajstić information content (AvgIpc) is 3.29. The first kappa shape index (κ1) is 16.5. The summed E-state index contributed by atoms with van der Waals surface area (Å²) in [5.41, 5.74) is 3.84. The SMILES string of the molecule is Cc1ccc2nc(NC(=O)c3ccc(Cc4c(C)noc4C)o3)sc2c1. The lowest BCUT2D eigenvalue weighted by Crippen LogP contribution is -2.10. The first-order valence-corrected chi connectivity index (χ1v) is 9.00. The number of hydrogen-bond donors (Lipinski definition) is 1. The van der Waals surface area contributed by atoms with Gasteiger partial charge in [0.05, 0.1) is 15.9 Å². The molecule has 132 valence electrons. The average molecular weight is 367 g/mol. The monoisotopic (exact) mass is 367 g/mol. The van der Waals surface area contributed by atoms with Crippen molar-refractivity contribution in [3.05, 3.63) is 64.4 Å². The van der Waals surface area contributed by atoms with Crippen LogP contribution in [-0.2, 0) is 6.42 Å². The first-order chi connectivity index (χ1) is 12.5. The number of aromatic nitrogens is 2. The number of aryl methyl sites for hydroxylation is 3. The molecule has 26 heavy (non-hydrogen) atoms. The second-order valence-corrected chi connectivity index (χ2v) is 7.22. The lowest BCUT2D eigenvalue weighted by Gasteiger charge is -1.99. The van der Waals surface area contributed by atoms with Crippen LogP contribution in [0.4, 0.5) is 5.13 Å². The molecule has 1 amide bonds. The van der Waals surface area contributed by atoms with Crippen molar-refractivity contribution in [3.8, 4) is 0 Å². The van der Waals surface area contributed by atoms with Crippen molar-refractivity contribution in [2.24, 2.45) is 0 Å². The van der Waals surface area contributed by atoms with Gasteiger partial charge in [-0.05, 0) is 50.6 Å². The van der Waals surface area contributed by atoms with Crippen LogP contribution in [0.5, 0.6) is 0 Å². The highest BCUT2D eigenvalue weighted by atomic mass is 32.1. The van der Waals surface area contributed by atoms with Crippen molar-refractivity contribution in [3.63, 3.8) is 0 Å². The fourth-order valence-electron chi connectivity index (χ4n) is 2.77. The molecule has 1 aromatic carbocycles. The zero-order valence-corrected chi connectivity index (χ0v) is 15.4. The number of thiazole rings is 1. The molecule has 0 atom stereocenters. The van der Waals surface area contributed by atoms with Crippen LogP contribution in [0.1, 0.15) is 38.9 Å². The number of rotatable bonds is 4. The molecule has 0 radical (unpaired) electrons. The van der Waals surface area contributed by atoms with Crippen LogP contribution in [0, 0.1) is 20.8 Å². The normalized spacial score (nSPS) is 11.2. The summed E-state index contributed by atoms with van der Waals surface area (Å²) in [6.45, 7) is 5.78. The van der Waals surface area contributed by atoms with Gasteiger partial charge in [-0.25, -0.2) is 4.98 Å². The molecule has 7 heteroatoms. The smallest absolute Gasteiger partial charge is 0.293 e. The van der Waals surface area contributed by atoms with E-state index in [2.05, 4.69) is 21.5 Å². The van der Waals surface area contributed by atoms with Gasteiger partial charge in [-0.2, -0.15) is 0 Å². The van der Waals surface area contributed by atoms with E-state index in [-0.39, 0.29) is 11.7 Å². The topological polar surface area (TPSA) is 81.2 Å². The predicted octanol–water partition coefficient (Wildman–Crippen LogP) is 4.65. The largest absolute Gasteiger partial charge is 0.456 e. The van der Waals surface area contributed by atoms with E-state index >= 15 is 0 Å². The Balaban J connectivity index is 1.50. The van der Waals surface area contributed by atoms with E-state index in [0.717, 1.165) is 32.8 Å². The summed E-state index contributed by atoms with van der Waals surface area (Å²) < 4.78 is 11.9. The van der Waals surface area contributed by atoms with E-state index in [0.29, 0.717) is 17.3 Å². The van der Waals surface area contributed by atoms with Crippen LogP contribution >= 0.6 is 11.3 Å². The number of benzene rings is 1. The summed E-state index contributed by atoms with van der Waals surface area (Å²) in [6, 6.07) is 9.46. The number of amides is 1. The second kappa shape index (κ2) is 6.42. The fraction of sp³-hybridized carbons (Fsp3) is 0.211. The highest BCUT2D eigenvalue weighted by Crippen LogP contribution is 2.27. The molecule has 3 aromatic heterocycles. The van der Waals surface area contributed by atoms with Gasteiger partial charge in [0.15, 0.2) is 10.9 Å². The number of anilines is 1. The Hall–Kier alpha value is -2.93. The Kier molecular flexibility index (Phi) is 4.08. The van der Waals surface area contributed by atoms with Crippen molar-refractivity contribution in [1.82, 2.24) is 10.1 Å². The van der Waals surface area contributed by atoms with Gasteiger partial charge in [0.1, 0.15) is 11.5 Å². The number of nitrogens with zero attached hydrogens (tertiary/aromatic N) is 2. The third-order valence-corrected chi connectivity index (χ3v) is 5.12. The molecule has 0 saturated heterocycles. The van der Waals surface area contributed by atoms with E-state index < -0.39 is 0 Å². The van der Waals surface area contributed by atoms with E-state index in [9.17, 15) is 4.79 Å². The highest BCUT2D eigenvalue weighted by Gasteiger charge is 2.16. The van der Waals surface area contributed by atoms with Crippen molar-refractivity contribution in [2.45, 2.75) is 27.2 Å². The molecule has 1 N–H and O–H groups in total. The van der Waals surface area contributed by atoms with Crippen LogP contribution in [-0.4, -0.2) is 16.0 Å². The quantitative estimate of drug-likeness (QED) is 0.568. The van der Waals surface area contributed by atoms with Gasteiger partial charge in [0.25, 0.3) is 5.91 Å². The fourth-order valence-corrected chi connectivity index (χ4v) is 3.73. The Bertz CT molecular complexity index is 1090. The number of carbonyl (C=O) groups is 1. The Morgan fingerprint density at radius 2 is 2.04 bits per heavy atom. The molecular formula is C19H17N3O3S. The lowest BCUT2D eigenvalue weighted by atomic mass is 10.1. The van der Waals surface area contributed by atoms with Gasteiger partial charge in [0.2, 0.25) is 0 Å². The minimum absolute atomic E-state index is 0.252. The van der Waals surface area contributed by atoms with Crippen molar-refractivity contribution in [2.75, 3.05) is 5.32 Å². The molecule has 0 bridgehead atoms. The van der Waals surface area contributed by atoms with E-state index in [1.54, 1.807) is 12.1 Å². The van der Waals surface area contributed by atoms with Gasteiger partial charge in [-0.1, -0.05) is 22.6 Å². The summed E-state index contributed by atoms with van der Waals surface area (Å²) in [4.78, 5) is 16.9. The van der Waals surface area contributed by atoms with Gasteiger partial charge < -0.3 is 8.94 Å². The molecule has 0 fully saturated rings. The Labute approximate surface area is 153 Å². The maximum Gasteiger partial charge on any atom is 0.293 e. The minimum Gasteiger partial charge on any atom is -0.456 e. The first-order valence-electron chi connectivity index (χ1n) is 8.18. The van der Waals surface area contributed by atoms with E-state index in [1.807, 2.05) is 32.9 Å². The molecule has 4 rings (SSSR count). The van der Waals surface area contributed by atoms with Gasteiger partial charge in [-0.15, -0.1) is 0 Å². The van der Waals surface area contributed by atoms with Gasteiger partial charge >= 0.3 is 0 Å².